The Morgan fingerprint density at radius 3 is 2.20 bits per heavy atom. The monoisotopic (exact) mass is 647 g/mol. The summed E-state index contributed by atoms with van der Waals surface area (Å²) in [6.07, 6.45) is 6.90. The zero-order chi connectivity index (χ0) is 31.4. The number of carboxylic acids is 1. The zero-order valence-electron chi connectivity index (χ0n) is 23.7. The number of ether oxygens (including phenoxy) is 1. The number of imidazole rings is 1. The molecule has 0 aliphatic rings. The number of hydrogen-bond acceptors (Lipinski definition) is 5. The van der Waals surface area contributed by atoms with E-state index in [4.69, 9.17) is 32.9 Å². The van der Waals surface area contributed by atoms with Crippen LogP contribution in [0.5, 0.6) is 11.5 Å². The van der Waals surface area contributed by atoms with Crippen LogP contribution in [0.3, 0.4) is 0 Å². The van der Waals surface area contributed by atoms with Gasteiger partial charge in [0.2, 0.25) is 10.0 Å². The molecule has 0 saturated heterocycles. The van der Waals surface area contributed by atoms with Crippen molar-refractivity contribution in [2.24, 2.45) is 0 Å². The molecule has 0 saturated carbocycles. The molecule has 0 spiro atoms. The van der Waals surface area contributed by atoms with Crippen molar-refractivity contribution < 1.29 is 23.1 Å². The lowest BCUT2D eigenvalue weighted by atomic mass is 10.0. The number of aromatic carboxylic acids is 1. The third-order valence-electron chi connectivity index (χ3n) is 6.63. The van der Waals surface area contributed by atoms with Crippen LogP contribution in [0.2, 0.25) is 10.0 Å². The number of benzene rings is 4. The van der Waals surface area contributed by atoms with Crippen molar-refractivity contribution in [3.63, 3.8) is 0 Å². The average molecular weight is 649 g/mol. The van der Waals surface area contributed by atoms with Crippen LogP contribution in [-0.4, -0.2) is 35.3 Å². The quantitative estimate of drug-likeness (QED) is 0.157. The van der Waals surface area contributed by atoms with Gasteiger partial charge in [0.05, 0.1) is 28.2 Å². The third kappa shape index (κ3) is 7.49. The van der Waals surface area contributed by atoms with E-state index in [-0.39, 0.29) is 17.0 Å². The van der Waals surface area contributed by atoms with Crippen LogP contribution in [0.25, 0.3) is 34.5 Å². The molecule has 2 N–H and O–H groups in total. The van der Waals surface area contributed by atoms with Crippen LogP contribution in [0.15, 0.2) is 91.1 Å². The van der Waals surface area contributed by atoms with Gasteiger partial charge in [0.15, 0.2) is 0 Å². The number of anilines is 1. The number of aromatic nitrogens is 2. The molecule has 1 heterocycles. The number of hydrogen-bond donors (Lipinski definition) is 2. The predicted molar refractivity (Wildman–Crippen MR) is 176 cm³/mol. The van der Waals surface area contributed by atoms with E-state index in [0.29, 0.717) is 15.8 Å². The summed E-state index contributed by atoms with van der Waals surface area (Å²) >= 11 is 12.4. The highest BCUT2D eigenvalue weighted by molar-refractivity contribution is 7.92. The van der Waals surface area contributed by atoms with Gasteiger partial charge in [-0.25, -0.2) is 18.2 Å². The third-order valence-corrected chi connectivity index (χ3v) is 7.77. The summed E-state index contributed by atoms with van der Waals surface area (Å²) in [5.74, 6) is 0.292. The average Bonchev–Trinajstić information content (AvgIpc) is 3.39. The van der Waals surface area contributed by atoms with Crippen molar-refractivity contribution in [1.29, 1.82) is 0 Å². The van der Waals surface area contributed by atoms with Gasteiger partial charge in [0.25, 0.3) is 0 Å². The van der Waals surface area contributed by atoms with Crippen LogP contribution in [0, 0.1) is 0 Å². The van der Waals surface area contributed by atoms with Crippen molar-refractivity contribution >= 4 is 57.0 Å². The smallest absolute Gasteiger partial charge is 0.337 e. The van der Waals surface area contributed by atoms with Gasteiger partial charge in [-0.2, -0.15) is 0 Å². The minimum Gasteiger partial charge on any atom is -0.478 e. The topological polar surface area (TPSA) is 111 Å². The van der Waals surface area contributed by atoms with E-state index in [1.807, 2.05) is 60.8 Å². The summed E-state index contributed by atoms with van der Waals surface area (Å²) in [6, 6.07) is 24.9. The Kier molecular flexibility index (Phi) is 9.10. The van der Waals surface area contributed by atoms with Crippen LogP contribution in [0.4, 0.5) is 5.69 Å². The van der Waals surface area contributed by atoms with E-state index in [1.165, 1.54) is 18.2 Å². The highest BCUT2D eigenvalue weighted by Gasteiger charge is 2.15. The first-order chi connectivity index (χ1) is 21.0. The predicted octanol–water partition coefficient (Wildman–Crippen LogP) is 8.58. The lowest BCUT2D eigenvalue weighted by Crippen LogP contribution is -2.13. The number of sulfonamides is 1. The van der Waals surface area contributed by atoms with E-state index in [2.05, 4.69) is 16.2 Å². The van der Waals surface area contributed by atoms with Gasteiger partial charge in [-0.3, -0.25) is 4.72 Å². The fourth-order valence-corrected chi connectivity index (χ4v) is 5.59. The Balaban J connectivity index is 1.28. The molecule has 0 radical (unpaired) electrons. The minimum atomic E-state index is -3.64. The maximum absolute atomic E-state index is 11.6. The maximum atomic E-state index is 11.6. The highest BCUT2D eigenvalue weighted by atomic mass is 35.5. The largest absolute Gasteiger partial charge is 0.478 e. The molecular weight excluding hydrogens is 621 g/mol. The Hall–Kier alpha value is -4.57. The standard InChI is InChI=1S/C33H27Cl2N3O5S/c1-3-38-20-31(27-15-11-24(34)18-29(27)35)36-32(38)17-6-21-4-7-22(8-5-21)23-9-12-25(13-10-23)43-26-14-16-30(37-44(2,41)42)28(19-26)33(39)40/h4-20,37H,3H2,1-2H3,(H,39,40). The summed E-state index contributed by atoms with van der Waals surface area (Å²) < 4.78 is 33.2. The fraction of sp³-hybridized carbons (Fsp3) is 0.0909. The Labute approximate surface area is 265 Å². The van der Waals surface area contributed by atoms with Crippen LogP contribution < -0.4 is 9.46 Å². The molecule has 0 unspecified atom stereocenters. The summed E-state index contributed by atoms with van der Waals surface area (Å²) in [4.78, 5) is 16.4. The molecule has 4 aromatic carbocycles. The number of carboxylic acid groups (broad SMARTS) is 1. The van der Waals surface area contributed by atoms with Gasteiger partial charge >= 0.3 is 5.97 Å². The van der Waals surface area contributed by atoms with Gasteiger partial charge < -0.3 is 14.4 Å². The van der Waals surface area contributed by atoms with Crippen molar-refractivity contribution in [3.8, 4) is 33.9 Å². The van der Waals surface area contributed by atoms with Crippen molar-refractivity contribution in [2.75, 3.05) is 11.0 Å². The van der Waals surface area contributed by atoms with Gasteiger partial charge in [0.1, 0.15) is 17.3 Å². The van der Waals surface area contributed by atoms with Crippen molar-refractivity contribution in [2.45, 2.75) is 13.5 Å². The second-order valence-electron chi connectivity index (χ2n) is 9.86. The van der Waals surface area contributed by atoms with Crippen molar-refractivity contribution in [3.05, 3.63) is 118 Å². The van der Waals surface area contributed by atoms with E-state index in [1.54, 1.807) is 24.3 Å². The number of rotatable bonds is 10. The van der Waals surface area contributed by atoms with Crippen LogP contribution in [-0.2, 0) is 16.6 Å². The molecule has 44 heavy (non-hydrogen) atoms. The van der Waals surface area contributed by atoms with E-state index < -0.39 is 16.0 Å². The molecule has 0 fully saturated rings. The van der Waals surface area contributed by atoms with Crippen LogP contribution in [0.1, 0.15) is 28.7 Å². The molecule has 5 aromatic rings. The van der Waals surface area contributed by atoms with Gasteiger partial charge in [0, 0.05) is 23.3 Å². The first-order valence-corrected chi connectivity index (χ1v) is 16.1. The molecular formula is C33H27Cl2N3O5S. The van der Waals surface area contributed by atoms with Gasteiger partial charge in [-0.15, -0.1) is 0 Å². The Morgan fingerprint density at radius 2 is 1.59 bits per heavy atom. The maximum Gasteiger partial charge on any atom is 0.337 e. The summed E-state index contributed by atoms with van der Waals surface area (Å²) in [5.41, 5.74) is 4.33. The van der Waals surface area contributed by atoms with E-state index in [0.717, 1.165) is 46.6 Å². The van der Waals surface area contributed by atoms with E-state index >= 15 is 0 Å². The molecule has 0 aliphatic heterocycles. The molecule has 11 heteroatoms. The summed E-state index contributed by atoms with van der Waals surface area (Å²) in [7, 11) is -3.64. The van der Waals surface area contributed by atoms with Crippen LogP contribution >= 0.6 is 23.2 Å². The molecule has 8 nitrogen and oxygen atoms in total. The SMILES string of the molecule is CCn1cc(-c2ccc(Cl)cc2Cl)nc1C=Cc1ccc(-c2ccc(Oc3ccc(NS(C)(=O)=O)c(C(=O)O)c3)cc2)cc1. The second-order valence-corrected chi connectivity index (χ2v) is 12.5. The molecule has 224 valence electrons. The van der Waals surface area contributed by atoms with E-state index in [9.17, 15) is 18.3 Å². The highest BCUT2D eigenvalue weighted by Crippen LogP contribution is 2.31. The number of nitrogens with one attached hydrogen (secondary N) is 1. The van der Waals surface area contributed by atoms with Crippen molar-refractivity contribution in [1.82, 2.24) is 9.55 Å². The lowest BCUT2D eigenvalue weighted by molar-refractivity contribution is 0.0697. The fourth-order valence-electron chi connectivity index (χ4n) is 4.50. The minimum absolute atomic E-state index is 0.0378. The van der Waals surface area contributed by atoms with Gasteiger partial charge in [-0.05, 0) is 78.2 Å². The Bertz CT molecular complexity index is 1970. The molecule has 0 aliphatic carbocycles. The zero-order valence-corrected chi connectivity index (χ0v) is 26.0. The number of nitrogens with zero attached hydrogens (tertiary/aromatic N) is 2. The number of carbonyl (C=O) groups is 1. The molecule has 0 bridgehead atoms. The molecule has 5 rings (SSSR count). The number of aryl methyl sites for hydroxylation is 1. The molecule has 0 amide bonds. The normalized spacial score (nSPS) is 11.5. The second kappa shape index (κ2) is 13.0. The summed E-state index contributed by atoms with van der Waals surface area (Å²) in [5, 5.41) is 10.6. The molecule has 1 aromatic heterocycles. The Morgan fingerprint density at radius 1 is 0.932 bits per heavy atom. The molecule has 0 atom stereocenters. The summed E-state index contributed by atoms with van der Waals surface area (Å²) in [6.45, 7) is 2.81. The number of halogens is 2. The lowest BCUT2D eigenvalue weighted by Gasteiger charge is -2.11. The van der Waals surface area contributed by atoms with Gasteiger partial charge in [-0.1, -0.05) is 65.7 Å². The first-order valence-electron chi connectivity index (χ1n) is 13.4. The first kappa shape index (κ1) is 30.9.